The van der Waals surface area contributed by atoms with E-state index in [1.165, 1.54) is 6.07 Å². The summed E-state index contributed by atoms with van der Waals surface area (Å²) in [7, 11) is 0. The fourth-order valence-corrected chi connectivity index (χ4v) is 3.28. The van der Waals surface area contributed by atoms with Gasteiger partial charge in [0.15, 0.2) is 5.52 Å². The highest BCUT2D eigenvalue weighted by Gasteiger charge is 2.24. The molecule has 32 heavy (non-hydrogen) atoms. The van der Waals surface area contributed by atoms with Gasteiger partial charge in [-0.25, -0.2) is 4.63 Å². The second-order valence-electron chi connectivity index (χ2n) is 8.06. The lowest BCUT2D eigenvalue weighted by Crippen LogP contribution is -2.44. The number of nitro benzene ring substituents is 1. The molecule has 0 saturated heterocycles. The molecule has 170 valence electrons. The standard InChI is InChI=1S/C22H27N5O5/c1-4-7-15-8-5-6-9-19(15)31-13-16(28)12-23-14-22(2,3)24-17-10-11-18(27(29)30)21-20(17)25-32-26-21/h4-6,8-11,16,23-24,28H,1,7,12-14H2,2-3H3/t16-/m0/s1. The topological polar surface area (TPSA) is 136 Å². The molecule has 3 rings (SSSR count). The van der Waals surface area contributed by atoms with E-state index in [1.807, 2.05) is 44.2 Å². The largest absolute Gasteiger partial charge is 0.491 e. The molecule has 0 spiro atoms. The van der Waals surface area contributed by atoms with E-state index in [4.69, 9.17) is 9.37 Å². The number of hydrogen-bond donors (Lipinski definition) is 3. The van der Waals surface area contributed by atoms with Gasteiger partial charge in [0.05, 0.1) is 10.6 Å². The number of para-hydroxylation sites is 1. The zero-order chi connectivity index (χ0) is 23.1. The maximum absolute atomic E-state index is 11.1. The van der Waals surface area contributed by atoms with Crippen molar-refractivity contribution in [3.05, 3.63) is 64.7 Å². The number of nitro groups is 1. The molecule has 2 aromatic carbocycles. The number of fused-ring (bicyclic) bond motifs is 1. The van der Waals surface area contributed by atoms with Gasteiger partial charge in [0.1, 0.15) is 18.5 Å². The Labute approximate surface area is 185 Å². The van der Waals surface area contributed by atoms with Crippen LogP contribution in [0.1, 0.15) is 19.4 Å². The SMILES string of the molecule is C=CCc1ccccc1OC[C@@H](O)CNCC(C)(C)Nc1ccc([N+](=O)[O-])c2nonc12. The van der Waals surface area contributed by atoms with Crippen LogP contribution >= 0.6 is 0 Å². The third-order valence-corrected chi connectivity index (χ3v) is 4.78. The van der Waals surface area contributed by atoms with Gasteiger partial charge in [-0.05, 0) is 48.3 Å². The molecule has 3 aromatic rings. The molecule has 0 radical (unpaired) electrons. The first kappa shape index (κ1) is 23.2. The summed E-state index contributed by atoms with van der Waals surface area (Å²) in [4.78, 5) is 10.6. The highest BCUT2D eigenvalue weighted by molar-refractivity contribution is 5.93. The first-order valence-corrected chi connectivity index (χ1v) is 10.2. The maximum atomic E-state index is 11.1. The van der Waals surface area contributed by atoms with Gasteiger partial charge in [-0.1, -0.05) is 24.3 Å². The van der Waals surface area contributed by atoms with Crippen LogP contribution in [-0.2, 0) is 6.42 Å². The Kier molecular flexibility index (Phi) is 7.39. The highest BCUT2D eigenvalue weighted by atomic mass is 16.6. The van der Waals surface area contributed by atoms with E-state index < -0.39 is 16.6 Å². The minimum absolute atomic E-state index is 0.0908. The molecule has 3 N–H and O–H groups in total. The Bertz CT molecular complexity index is 1080. The van der Waals surface area contributed by atoms with Gasteiger partial charge in [0, 0.05) is 24.7 Å². The van der Waals surface area contributed by atoms with Crippen LogP contribution in [0.3, 0.4) is 0 Å². The molecular weight excluding hydrogens is 414 g/mol. The number of anilines is 1. The minimum atomic E-state index is -0.701. The summed E-state index contributed by atoms with van der Waals surface area (Å²) < 4.78 is 10.5. The number of rotatable bonds is 12. The van der Waals surface area contributed by atoms with E-state index in [9.17, 15) is 15.2 Å². The second-order valence-corrected chi connectivity index (χ2v) is 8.06. The number of aliphatic hydroxyl groups is 1. The average Bonchev–Trinajstić information content (AvgIpc) is 3.23. The van der Waals surface area contributed by atoms with Gasteiger partial charge in [-0.3, -0.25) is 10.1 Å². The second kappa shape index (κ2) is 10.2. The van der Waals surface area contributed by atoms with E-state index in [-0.39, 0.29) is 17.8 Å². The molecule has 0 fully saturated rings. The summed E-state index contributed by atoms with van der Waals surface area (Å²) in [5.41, 5.74) is 1.35. The van der Waals surface area contributed by atoms with Gasteiger partial charge in [0.2, 0.25) is 5.52 Å². The number of aromatic nitrogens is 2. The van der Waals surface area contributed by atoms with Gasteiger partial charge in [-0.15, -0.1) is 6.58 Å². The van der Waals surface area contributed by atoms with Crippen molar-refractivity contribution in [1.29, 1.82) is 0 Å². The number of nitrogens with one attached hydrogen (secondary N) is 2. The predicted octanol–water partition coefficient (Wildman–Crippen LogP) is 3.08. The van der Waals surface area contributed by atoms with E-state index in [2.05, 4.69) is 27.5 Å². The molecule has 0 aliphatic heterocycles. The smallest absolute Gasteiger partial charge is 0.300 e. The van der Waals surface area contributed by atoms with Crippen LogP contribution in [0.25, 0.3) is 11.0 Å². The quantitative estimate of drug-likeness (QED) is 0.220. The summed E-state index contributed by atoms with van der Waals surface area (Å²) in [6, 6.07) is 10.6. The number of non-ortho nitro benzene ring substituents is 1. The first-order chi connectivity index (χ1) is 15.3. The summed E-state index contributed by atoms with van der Waals surface area (Å²) in [5.74, 6) is 0.733. The molecule has 0 aliphatic carbocycles. The maximum Gasteiger partial charge on any atom is 0.300 e. The number of allylic oxidation sites excluding steroid dienone is 1. The fraction of sp³-hybridized carbons (Fsp3) is 0.364. The number of aliphatic hydroxyl groups excluding tert-OH is 1. The van der Waals surface area contributed by atoms with Crippen LogP contribution in [0, 0.1) is 10.1 Å². The van der Waals surface area contributed by atoms with Crippen molar-refractivity contribution in [1.82, 2.24) is 15.6 Å². The van der Waals surface area contributed by atoms with Crippen molar-refractivity contribution >= 4 is 22.4 Å². The highest BCUT2D eigenvalue weighted by Crippen LogP contribution is 2.30. The Morgan fingerprint density at radius 1 is 1.28 bits per heavy atom. The van der Waals surface area contributed by atoms with Gasteiger partial charge >= 0.3 is 5.69 Å². The normalized spacial score (nSPS) is 12.5. The van der Waals surface area contributed by atoms with Crippen LogP contribution in [-0.4, -0.2) is 51.7 Å². The summed E-state index contributed by atoms with van der Waals surface area (Å²) >= 11 is 0. The predicted molar refractivity (Wildman–Crippen MR) is 121 cm³/mol. The Balaban J connectivity index is 1.52. The number of hydrogen-bond acceptors (Lipinski definition) is 9. The summed E-state index contributed by atoms with van der Waals surface area (Å²) in [6.07, 6.45) is 1.80. The van der Waals surface area contributed by atoms with Crippen molar-refractivity contribution in [2.75, 3.05) is 25.0 Å². The average molecular weight is 441 g/mol. The van der Waals surface area contributed by atoms with Crippen molar-refractivity contribution < 1.29 is 19.4 Å². The molecule has 1 atom stereocenters. The zero-order valence-corrected chi connectivity index (χ0v) is 18.1. The molecule has 0 saturated carbocycles. The molecule has 10 nitrogen and oxygen atoms in total. The van der Waals surface area contributed by atoms with E-state index in [0.29, 0.717) is 30.7 Å². The van der Waals surface area contributed by atoms with Crippen LogP contribution in [0.4, 0.5) is 11.4 Å². The Morgan fingerprint density at radius 2 is 2.03 bits per heavy atom. The molecular formula is C22H27N5O5. The van der Waals surface area contributed by atoms with Crippen molar-refractivity contribution in [2.45, 2.75) is 31.9 Å². The number of nitrogens with zero attached hydrogens (tertiary/aromatic N) is 3. The minimum Gasteiger partial charge on any atom is -0.491 e. The van der Waals surface area contributed by atoms with Crippen LogP contribution in [0.15, 0.2) is 53.7 Å². The first-order valence-electron chi connectivity index (χ1n) is 10.2. The lowest BCUT2D eigenvalue weighted by molar-refractivity contribution is -0.383. The number of benzene rings is 2. The van der Waals surface area contributed by atoms with Crippen LogP contribution < -0.4 is 15.4 Å². The molecule has 1 heterocycles. The van der Waals surface area contributed by atoms with Crippen LogP contribution in [0.5, 0.6) is 5.75 Å². The van der Waals surface area contributed by atoms with E-state index >= 15 is 0 Å². The monoisotopic (exact) mass is 441 g/mol. The zero-order valence-electron chi connectivity index (χ0n) is 18.1. The van der Waals surface area contributed by atoms with Crippen molar-refractivity contribution in [2.24, 2.45) is 0 Å². The molecule has 0 unspecified atom stereocenters. The Hall–Kier alpha value is -3.50. The fourth-order valence-electron chi connectivity index (χ4n) is 3.28. The van der Waals surface area contributed by atoms with Crippen LogP contribution in [0.2, 0.25) is 0 Å². The third kappa shape index (κ3) is 5.80. The van der Waals surface area contributed by atoms with Crippen molar-refractivity contribution in [3.8, 4) is 5.75 Å². The summed E-state index contributed by atoms with van der Waals surface area (Å²) in [6.45, 7) is 8.64. The molecule has 10 heteroatoms. The summed E-state index contributed by atoms with van der Waals surface area (Å²) in [5, 5.41) is 35.4. The van der Waals surface area contributed by atoms with E-state index in [1.54, 1.807) is 6.07 Å². The lowest BCUT2D eigenvalue weighted by Gasteiger charge is -2.28. The third-order valence-electron chi connectivity index (χ3n) is 4.78. The molecule has 0 bridgehead atoms. The number of ether oxygens (including phenoxy) is 1. The van der Waals surface area contributed by atoms with Crippen molar-refractivity contribution in [3.63, 3.8) is 0 Å². The van der Waals surface area contributed by atoms with Gasteiger partial charge in [-0.2, -0.15) is 0 Å². The lowest BCUT2D eigenvalue weighted by atomic mass is 10.0. The molecule has 0 aliphatic rings. The van der Waals surface area contributed by atoms with E-state index in [0.717, 1.165) is 11.3 Å². The molecule has 0 amide bonds. The molecule has 1 aromatic heterocycles. The van der Waals surface area contributed by atoms with Gasteiger partial charge < -0.3 is 20.5 Å². The van der Waals surface area contributed by atoms with Gasteiger partial charge in [0.25, 0.3) is 0 Å². The Morgan fingerprint density at radius 3 is 2.78 bits per heavy atom.